The van der Waals surface area contributed by atoms with E-state index >= 15 is 0 Å². The Kier molecular flexibility index (Phi) is 4.55. The number of benzene rings is 1. The molecule has 0 aliphatic carbocycles. The number of hydrogen-bond donors (Lipinski definition) is 3. The van der Waals surface area contributed by atoms with Crippen molar-refractivity contribution < 1.29 is 10.2 Å². The molecule has 2 atom stereocenters. The van der Waals surface area contributed by atoms with E-state index in [9.17, 15) is 10.2 Å². The van der Waals surface area contributed by atoms with Crippen LogP contribution < -0.4 is 5.32 Å². The summed E-state index contributed by atoms with van der Waals surface area (Å²) in [4.78, 5) is 4.28. The molecular formula is C19H23N3O2. The molecule has 0 bridgehead atoms. The van der Waals surface area contributed by atoms with Crippen molar-refractivity contribution in [1.29, 1.82) is 0 Å². The van der Waals surface area contributed by atoms with Crippen molar-refractivity contribution in [3.8, 4) is 5.75 Å². The Labute approximate surface area is 141 Å². The van der Waals surface area contributed by atoms with E-state index in [1.165, 1.54) is 0 Å². The fraction of sp³-hybridized carbons (Fsp3) is 0.316. The Balaban J connectivity index is 1.95. The summed E-state index contributed by atoms with van der Waals surface area (Å²) in [6, 6.07) is 9.28. The van der Waals surface area contributed by atoms with Crippen LogP contribution in [0.5, 0.6) is 5.75 Å². The summed E-state index contributed by atoms with van der Waals surface area (Å²) in [5.74, 6) is 0.343. The zero-order valence-corrected chi connectivity index (χ0v) is 14.1. The minimum atomic E-state index is -0.808. The quantitative estimate of drug-likeness (QED) is 0.630. The van der Waals surface area contributed by atoms with Crippen LogP contribution in [-0.4, -0.2) is 19.8 Å². The number of fused-ring (bicyclic) bond motifs is 1. The van der Waals surface area contributed by atoms with Gasteiger partial charge in [-0.3, -0.25) is 10.3 Å². The highest BCUT2D eigenvalue weighted by Crippen LogP contribution is 2.35. The van der Waals surface area contributed by atoms with E-state index in [0.29, 0.717) is 5.52 Å². The highest BCUT2D eigenvalue weighted by atomic mass is 16.3. The molecule has 0 spiro atoms. The zero-order valence-electron chi connectivity index (χ0n) is 14.1. The molecule has 1 aromatic carbocycles. The normalized spacial score (nSPS) is 14.2. The lowest BCUT2D eigenvalue weighted by molar-refractivity contribution is 0.112. The van der Waals surface area contributed by atoms with Crippen LogP contribution in [0.25, 0.3) is 10.9 Å². The minimum absolute atomic E-state index is 0.166. The van der Waals surface area contributed by atoms with Gasteiger partial charge < -0.3 is 14.8 Å². The average molecular weight is 325 g/mol. The predicted octanol–water partition coefficient (Wildman–Crippen LogP) is 3.26. The van der Waals surface area contributed by atoms with Gasteiger partial charge in [-0.05, 0) is 18.1 Å². The number of aromatic hydroxyl groups is 1. The lowest BCUT2D eigenvalue weighted by Gasteiger charge is -2.27. The molecule has 2 unspecified atom stereocenters. The molecule has 5 heteroatoms. The molecule has 3 rings (SSSR count). The number of aliphatic hydroxyl groups excluding tert-OH is 1. The van der Waals surface area contributed by atoms with Crippen molar-refractivity contribution in [1.82, 2.24) is 14.9 Å². The van der Waals surface area contributed by atoms with Crippen LogP contribution in [-0.2, 0) is 7.05 Å². The molecular weight excluding hydrogens is 302 g/mol. The Morgan fingerprint density at radius 1 is 1.17 bits per heavy atom. The summed E-state index contributed by atoms with van der Waals surface area (Å²) in [5.41, 5.74) is 2.12. The van der Waals surface area contributed by atoms with Gasteiger partial charge in [0, 0.05) is 48.2 Å². The third kappa shape index (κ3) is 3.13. The first kappa shape index (κ1) is 16.5. The maximum atomic E-state index is 10.7. The summed E-state index contributed by atoms with van der Waals surface area (Å²) < 4.78 is 1.89. The molecule has 3 aromatic rings. The third-order valence-electron chi connectivity index (χ3n) is 4.29. The smallest absolute Gasteiger partial charge is 0.146 e. The molecule has 126 valence electrons. The SMILES string of the molecule is CC(C)C(NC(O)c1ccn(C)c1)c1ccc2cccnc2c1O. The highest BCUT2D eigenvalue weighted by Gasteiger charge is 2.24. The Hall–Kier alpha value is -2.37. The molecule has 3 N–H and O–H groups in total. The summed E-state index contributed by atoms with van der Waals surface area (Å²) in [6.45, 7) is 4.11. The summed E-state index contributed by atoms with van der Waals surface area (Å²) >= 11 is 0. The largest absolute Gasteiger partial charge is 0.505 e. The van der Waals surface area contributed by atoms with Crippen LogP contribution in [0.1, 0.15) is 37.2 Å². The number of nitrogens with zero attached hydrogens (tertiary/aromatic N) is 2. The van der Waals surface area contributed by atoms with Crippen molar-refractivity contribution in [2.45, 2.75) is 26.1 Å². The number of aryl methyl sites for hydroxylation is 1. The van der Waals surface area contributed by atoms with Gasteiger partial charge in [0.15, 0.2) is 0 Å². The standard InChI is InChI=1S/C19H23N3O2/c1-12(2)16(21-19(24)14-8-10-22(3)11-14)15-7-6-13-5-4-9-20-17(13)18(15)23/h4-12,16,19,21,23-24H,1-3H3. The second-order valence-corrected chi connectivity index (χ2v) is 6.48. The van der Waals surface area contributed by atoms with Gasteiger partial charge in [0.2, 0.25) is 0 Å². The van der Waals surface area contributed by atoms with Gasteiger partial charge in [0.1, 0.15) is 17.5 Å². The summed E-state index contributed by atoms with van der Waals surface area (Å²) in [7, 11) is 1.91. The first-order valence-electron chi connectivity index (χ1n) is 8.10. The maximum absolute atomic E-state index is 10.7. The van der Waals surface area contributed by atoms with Crippen LogP contribution in [0.4, 0.5) is 0 Å². The van der Waals surface area contributed by atoms with E-state index < -0.39 is 6.23 Å². The Morgan fingerprint density at radius 3 is 2.62 bits per heavy atom. The van der Waals surface area contributed by atoms with E-state index in [0.717, 1.165) is 16.5 Å². The van der Waals surface area contributed by atoms with Crippen LogP contribution in [0, 0.1) is 5.92 Å². The number of phenols is 1. The van der Waals surface area contributed by atoms with Crippen molar-refractivity contribution in [3.63, 3.8) is 0 Å². The second kappa shape index (κ2) is 6.63. The van der Waals surface area contributed by atoms with E-state index in [1.807, 2.05) is 54.3 Å². The molecule has 0 amide bonds. The number of aromatic nitrogens is 2. The second-order valence-electron chi connectivity index (χ2n) is 6.48. The van der Waals surface area contributed by atoms with Gasteiger partial charge in [-0.2, -0.15) is 0 Å². The zero-order chi connectivity index (χ0) is 17.3. The Morgan fingerprint density at radius 2 is 1.96 bits per heavy atom. The number of hydrogen-bond acceptors (Lipinski definition) is 4. The average Bonchev–Trinajstić information content (AvgIpc) is 3.00. The van der Waals surface area contributed by atoms with Gasteiger partial charge in [-0.1, -0.05) is 32.0 Å². The van der Waals surface area contributed by atoms with Crippen molar-refractivity contribution in [3.05, 3.63) is 60.0 Å². The van der Waals surface area contributed by atoms with Crippen molar-refractivity contribution in [2.75, 3.05) is 0 Å². The summed E-state index contributed by atoms with van der Waals surface area (Å²) in [6.07, 6.45) is 4.62. The number of pyridine rings is 1. The van der Waals surface area contributed by atoms with Crippen LogP contribution in [0.2, 0.25) is 0 Å². The molecule has 2 aromatic heterocycles. The number of nitrogens with one attached hydrogen (secondary N) is 1. The van der Waals surface area contributed by atoms with E-state index in [-0.39, 0.29) is 17.7 Å². The van der Waals surface area contributed by atoms with Crippen LogP contribution in [0.3, 0.4) is 0 Å². The van der Waals surface area contributed by atoms with Gasteiger partial charge in [-0.25, -0.2) is 0 Å². The molecule has 0 aliphatic rings. The highest BCUT2D eigenvalue weighted by molar-refractivity contribution is 5.85. The van der Waals surface area contributed by atoms with Crippen molar-refractivity contribution >= 4 is 10.9 Å². The van der Waals surface area contributed by atoms with Crippen LogP contribution >= 0.6 is 0 Å². The first-order valence-corrected chi connectivity index (χ1v) is 8.10. The lowest BCUT2D eigenvalue weighted by atomic mass is 9.93. The maximum Gasteiger partial charge on any atom is 0.146 e. The first-order chi connectivity index (χ1) is 11.5. The fourth-order valence-corrected chi connectivity index (χ4v) is 2.99. The van der Waals surface area contributed by atoms with Gasteiger partial charge in [0.25, 0.3) is 0 Å². The molecule has 0 fully saturated rings. The molecule has 0 saturated heterocycles. The fourth-order valence-electron chi connectivity index (χ4n) is 2.99. The topological polar surface area (TPSA) is 70.3 Å². The minimum Gasteiger partial charge on any atom is -0.505 e. The molecule has 5 nitrogen and oxygen atoms in total. The molecule has 24 heavy (non-hydrogen) atoms. The number of rotatable bonds is 5. The third-order valence-corrected chi connectivity index (χ3v) is 4.29. The molecule has 0 saturated carbocycles. The molecule has 2 heterocycles. The predicted molar refractivity (Wildman–Crippen MR) is 94.5 cm³/mol. The monoisotopic (exact) mass is 325 g/mol. The Bertz CT molecular complexity index is 841. The van der Waals surface area contributed by atoms with Gasteiger partial charge in [0.05, 0.1) is 0 Å². The van der Waals surface area contributed by atoms with Crippen LogP contribution in [0.15, 0.2) is 48.9 Å². The van der Waals surface area contributed by atoms with E-state index in [4.69, 9.17) is 0 Å². The van der Waals surface area contributed by atoms with Gasteiger partial charge >= 0.3 is 0 Å². The summed E-state index contributed by atoms with van der Waals surface area (Å²) in [5, 5.41) is 25.3. The number of aliphatic hydroxyl groups is 1. The van der Waals surface area contributed by atoms with E-state index in [2.05, 4.69) is 24.1 Å². The lowest BCUT2D eigenvalue weighted by Crippen LogP contribution is -2.29. The molecule has 0 radical (unpaired) electrons. The van der Waals surface area contributed by atoms with Crippen molar-refractivity contribution in [2.24, 2.45) is 13.0 Å². The van der Waals surface area contributed by atoms with Gasteiger partial charge in [-0.15, -0.1) is 0 Å². The number of phenolic OH excluding ortho intramolecular Hbond substituents is 1. The molecule has 0 aliphatic heterocycles. The van der Waals surface area contributed by atoms with E-state index in [1.54, 1.807) is 6.20 Å².